The molecule has 2 atom stereocenters. The number of esters is 1. The van der Waals surface area contributed by atoms with Gasteiger partial charge in [-0.2, -0.15) is 0 Å². The fourth-order valence-electron chi connectivity index (χ4n) is 3.40. The van der Waals surface area contributed by atoms with Crippen molar-refractivity contribution in [3.05, 3.63) is 0 Å². The number of nitrogens with zero attached hydrogens (tertiary/aromatic N) is 1. The highest BCUT2D eigenvalue weighted by Crippen LogP contribution is 2.33. The number of rotatable bonds is 3. The molecule has 3 nitrogen and oxygen atoms in total. The highest BCUT2D eigenvalue weighted by molar-refractivity contribution is 5.74. The van der Waals surface area contributed by atoms with Gasteiger partial charge in [0, 0.05) is 12.0 Å². The molecule has 3 rings (SSSR count). The van der Waals surface area contributed by atoms with Crippen LogP contribution < -0.4 is 0 Å². The van der Waals surface area contributed by atoms with E-state index in [1.807, 2.05) is 0 Å². The zero-order valence-corrected chi connectivity index (χ0v) is 10.6. The van der Waals surface area contributed by atoms with Crippen molar-refractivity contribution in [3.8, 4) is 0 Å². The molecule has 1 aliphatic carbocycles. The molecule has 1 saturated carbocycles. The second-order valence-corrected chi connectivity index (χ2v) is 5.91. The highest BCUT2D eigenvalue weighted by atomic mass is 16.5. The van der Waals surface area contributed by atoms with Gasteiger partial charge < -0.3 is 4.74 Å². The van der Waals surface area contributed by atoms with Gasteiger partial charge in [0.15, 0.2) is 0 Å². The molecule has 0 amide bonds. The van der Waals surface area contributed by atoms with Crippen LogP contribution in [0.25, 0.3) is 0 Å². The van der Waals surface area contributed by atoms with Gasteiger partial charge in [0.2, 0.25) is 0 Å². The number of carbonyl (C=O) groups excluding carboxylic acids is 1. The Morgan fingerprint density at radius 3 is 2.71 bits per heavy atom. The van der Waals surface area contributed by atoms with Crippen LogP contribution in [0.15, 0.2) is 0 Å². The van der Waals surface area contributed by atoms with E-state index in [-0.39, 0.29) is 11.9 Å². The van der Waals surface area contributed by atoms with Crippen molar-refractivity contribution < 1.29 is 9.53 Å². The van der Waals surface area contributed by atoms with Crippen LogP contribution >= 0.6 is 0 Å². The quantitative estimate of drug-likeness (QED) is 0.705. The zero-order valence-electron chi connectivity index (χ0n) is 10.6. The third kappa shape index (κ3) is 2.65. The van der Waals surface area contributed by atoms with Gasteiger partial charge in [-0.15, -0.1) is 0 Å². The number of carbonyl (C=O) groups is 1. The van der Waals surface area contributed by atoms with E-state index < -0.39 is 0 Å². The molecule has 3 aliphatic rings. The molecule has 0 bridgehead atoms. The molecule has 0 aromatic heterocycles. The van der Waals surface area contributed by atoms with Crippen LogP contribution in [-0.2, 0) is 9.53 Å². The van der Waals surface area contributed by atoms with Gasteiger partial charge >= 0.3 is 5.97 Å². The molecular weight excluding hydrogens is 214 g/mol. The lowest BCUT2D eigenvalue weighted by Crippen LogP contribution is -2.49. The smallest absolute Gasteiger partial charge is 0.308 e. The normalized spacial score (nSPS) is 34.1. The van der Waals surface area contributed by atoms with Crippen LogP contribution in [-0.4, -0.2) is 36.6 Å². The van der Waals surface area contributed by atoms with Gasteiger partial charge in [0.05, 0.1) is 12.5 Å². The van der Waals surface area contributed by atoms with E-state index in [0.29, 0.717) is 18.6 Å². The fraction of sp³-hybridized carbons (Fsp3) is 0.929. The van der Waals surface area contributed by atoms with E-state index >= 15 is 0 Å². The van der Waals surface area contributed by atoms with E-state index in [4.69, 9.17) is 4.74 Å². The van der Waals surface area contributed by atoms with Crippen molar-refractivity contribution in [2.45, 2.75) is 51.0 Å². The first-order chi connectivity index (χ1) is 8.34. The van der Waals surface area contributed by atoms with E-state index in [1.54, 1.807) is 0 Å². The summed E-state index contributed by atoms with van der Waals surface area (Å²) in [7, 11) is 0. The second kappa shape index (κ2) is 4.97. The topological polar surface area (TPSA) is 29.5 Å². The maximum absolute atomic E-state index is 11.6. The maximum atomic E-state index is 11.6. The first-order valence-corrected chi connectivity index (χ1v) is 7.25. The molecule has 0 aromatic rings. The Bertz CT molecular complexity index is 286. The lowest BCUT2D eigenvalue weighted by atomic mass is 9.84. The molecule has 3 heteroatoms. The molecule has 2 aliphatic heterocycles. The van der Waals surface area contributed by atoms with Crippen LogP contribution in [0, 0.1) is 11.8 Å². The third-order valence-corrected chi connectivity index (χ3v) is 4.58. The lowest BCUT2D eigenvalue weighted by molar-refractivity contribution is -0.148. The first-order valence-electron chi connectivity index (χ1n) is 7.25. The van der Waals surface area contributed by atoms with Gasteiger partial charge in [0.1, 0.15) is 0 Å². The minimum atomic E-state index is 0.0675. The summed E-state index contributed by atoms with van der Waals surface area (Å²) in [6.45, 7) is 3.20. The molecule has 0 unspecified atom stereocenters. The van der Waals surface area contributed by atoms with Gasteiger partial charge in [-0.3, -0.25) is 9.69 Å². The molecule has 0 spiro atoms. The van der Waals surface area contributed by atoms with E-state index in [2.05, 4.69) is 4.90 Å². The summed E-state index contributed by atoms with van der Waals surface area (Å²) in [4.78, 5) is 14.2. The fourth-order valence-corrected chi connectivity index (χ4v) is 3.40. The van der Waals surface area contributed by atoms with Crippen LogP contribution in [0.3, 0.4) is 0 Å². The summed E-state index contributed by atoms with van der Waals surface area (Å²) in [5.74, 6) is 0.922. The summed E-state index contributed by atoms with van der Waals surface area (Å²) in [6.07, 6.45) is 8.66. The zero-order chi connectivity index (χ0) is 11.7. The molecule has 2 saturated heterocycles. The number of hydrogen-bond donors (Lipinski definition) is 0. The molecule has 0 radical (unpaired) electrons. The average molecular weight is 237 g/mol. The summed E-state index contributed by atoms with van der Waals surface area (Å²) in [6, 6.07) is 0.699. The Morgan fingerprint density at radius 2 is 1.88 bits per heavy atom. The Morgan fingerprint density at radius 1 is 1.06 bits per heavy atom. The number of ether oxygens (including phenoxy) is 1. The predicted octanol–water partition coefficient (Wildman–Crippen LogP) is 2.20. The number of piperidine rings is 2. The standard InChI is InChI=1S/C14H23NO2/c16-14(11-6-7-11)17-10-12-4-3-9-15-8-2-1-5-13(12)15/h11-13H,1-10H2/t12-,13+/m0/s1. The summed E-state index contributed by atoms with van der Waals surface area (Å²) in [5.41, 5.74) is 0. The minimum Gasteiger partial charge on any atom is -0.465 e. The third-order valence-electron chi connectivity index (χ3n) is 4.58. The maximum Gasteiger partial charge on any atom is 0.308 e. The van der Waals surface area contributed by atoms with E-state index in [0.717, 1.165) is 12.8 Å². The Hall–Kier alpha value is -0.570. The monoisotopic (exact) mass is 237 g/mol. The summed E-state index contributed by atoms with van der Waals surface area (Å²) >= 11 is 0. The lowest BCUT2D eigenvalue weighted by Gasteiger charge is -2.44. The molecule has 0 aromatic carbocycles. The van der Waals surface area contributed by atoms with Gasteiger partial charge in [-0.25, -0.2) is 0 Å². The van der Waals surface area contributed by atoms with Crippen molar-refractivity contribution >= 4 is 5.97 Å². The Labute approximate surface area is 104 Å². The highest BCUT2D eigenvalue weighted by Gasteiger charge is 2.35. The average Bonchev–Trinajstić information content (AvgIpc) is 3.20. The molecule has 96 valence electrons. The van der Waals surface area contributed by atoms with Gasteiger partial charge in [-0.05, 0) is 51.6 Å². The van der Waals surface area contributed by atoms with E-state index in [9.17, 15) is 4.79 Å². The van der Waals surface area contributed by atoms with Gasteiger partial charge in [-0.1, -0.05) is 6.42 Å². The largest absolute Gasteiger partial charge is 0.465 e. The molecule has 17 heavy (non-hydrogen) atoms. The molecule has 0 N–H and O–H groups in total. The van der Waals surface area contributed by atoms with Crippen molar-refractivity contribution in [2.75, 3.05) is 19.7 Å². The van der Waals surface area contributed by atoms with Gasteiger partial charge in [0.25, 0.3) is 0 Å². The van der Waals surface area contributed by atoms with Crippen LogP contribution in [0.4, 0.5) is 0 Å². The SMILES string of the molecule is O=C(OC[C@@H]1CCCN2CCCC[C@H]12)C1CC1. The summed E-state index contributed by atoms with van der Waals surface area (Å²) < 4.78 is 5.49. The van der Waals surface area contributed by atoms with Crippen LogP contribution in [0.1, 0.15) is 44.9 Å². The number of fused-ring (bicyclic) bond motifs is 1. The Balaban J connectivity index is 1.51. The van der Waals surface area contributed by atoms with Crippen LogP contribution in [0.2, 0.25) is 0 Å². The van der Waals surface area contributed by atoms with E-state index in [1.165, 1.54) is 45.2 Å². The van der Waals surface area contributed by atoms with Crippen molar-refractivity contribution in [1.82, 2.24) is 4.90 Å². The molecule has 3 fully saturated rings. The van der Waals surface area contributed by atoms with Crippen molar-refractivity contribution in [1.29, 1.82) is 0 Å². The molecular formula is C14H23NO2. The van der Waals surface area contributed by atoms with Crippen LogP contribution in [0.5, 0.6) is 0 Å². The predicted molar refractivity (Wildman–Crippen MR) is 65.6 cm³/mol. The van der Waals surface area contributed by atoms with Crippen molar-refractivity contribution in [2.24, 2.45) is 11.8 Å². The minimum absolute atomic E-state index is 0.0675. The Kier molecular flexibility index (Phi) is 3.37. The number of hydrogen-bond acceptors (Lipinski definition) is 3. The van der Waals surface area contributed by atoms with Crippen molar-refractivity contribution in [3.63, 3.8) is 0 Å². The second-order valence-electron chi connectivity index (χ2n) is 5.91. The first kappa shape index (κ1) is 11.5. The molecule has 2 heterocycles. The summed E-state index contributed by atoms with van der Waals surface area (Å²) in [5, 5.41) is 0.